The van der Waals surface area contributed by atoms with Gasteiger partial charge in [-0.2, -0.15) is 0 Å². The number of hydrogen-bond donors (Lipinski definition) is 0. The number of halogens is 2. The fourth-order valence-electron chi connectivity index (χ4n) is 1.68. The quantitative estimate of drug-likeness (QED) is 0.673. The van der Waals surface area contributed by atoms with E-state index in [0.29, 0.717) is 0 Å². The predicted molar refractivity (Wildman–Crippen MR) is 65.3 cm³/mol. The number of aryl methyl sites for hydroxylation is 1. The van der Waals surface area contributed by atoms with Crippen molar-refractivity contribution in [2.45, 2.75) is 12.3 Å². The standard InChI is InChI=1S/C14H12ClF/c1-10-4-2-3-5-13(10)14(15)11-6-8-12(16)9-7-11/h2-9,14H,1H3. The van der Waals surface area contributed by atoms with Crippen LogP contribution in [0.2, 0.25) is 0 Å². The van der Waals surface area contributed by atoms with E-state index in [2.05, 4.69) is 0 Å². The Morgan fingerprint density at radius 1 is 1.00 bits per heavy atom. The normalized spacial score (nSPS) is 12.4. The smallest absolute Gasteiger partial charge is 0.123 e. The van der Waals surface area contributed by atoms with Crippen molar-refractivity contribution in [3.8, 4) is 0 Å². The van der Waals surface area contributed by atoms with Gasteiger partial charge in [-0.25, -0.2) is 4.39 Å². The molecule has 0 fully saturated rings. The van der Waals surface area contributed by atoms with E-state index in [0.717, 1.165) is 16.7 Å². The molecule has 0 heterocycles. The monoisotopic (exact) mass is 234 g/mol. The Balaban J connectivity index is 2.35. The lowest BCUT2D eigenvalue weighted by molar-refractivity contribution is 0.627. The van der Waals surface area contributed by atoms with Gasteiger partial charge in [-0.1, -0.05) is 36.4 Å². The molecule has 16 heavy (non-hydrogen) atoms. The summed E-state index contributed by atoms with van der Waals surface area (Å²) in [5.74, 6) is -0.239. The third-order valence-electron chi connectivity index (χ3n) is 2.62. The van der Waals surface area contributed by atoms with E-state index in [-0.39, 0.29) is 11.2 Å². The third kappa shape index (κ3) is 2.25. The molecular weight excluding hydrogens is 223 g/mol. The molecule has 0 spiro atoms. The maximum absolute atomic E-state index is 12.8. The second-order valence-electron chi connectivity index (χ2n) is 3.77. The van der Waals surface area contributed by atoms with Crippen LogP contribution in [0, 0.1) is 12.7 Å². The zero-order valence-corrected chi connectivity index (χ0v) is 9.71. The van der Waals surface area contributed by atoms with Gasteiger partial charge in [0.25, 0.3) is 0 Å². The highest BCUT2D eigenvalue weighted by atomic mass is 35.5. The lowest BCUT2D eigenvalue weighted by Gasteiger charge is -2.12. The SMILES string of the molecule is Cc1ccccc1C(Cl)c1ccc(F)cc1. The second-order valence-corrected chi connectivity index (χ2v) is 4.21. The van der Waals surface area contributed by atoms with Gasteiger partial charge in [-0.05, 0) is 35.7 Å². The lowest BCUT2D eigenvalue weighted by Crippen LogP contribution is -1.95. The maximum Gasteiger partial charge on any atom is 0.123 e. The molecule has 82 valence electrons. The Morgan fingerprint density at radius 2 is 1.62 bits per heavy atom. The Hall–Kier alpha value is -1.34. The van der Waals surface area contributed by atoms with Crippen LogP contribution in [0.15, 0.2) is 48.5 Å². The van der Waals surface area contributed by atoms with Crippen molar-refractivity contribution in [2.24, 2.45) is 0 Å². The molecule has 0 bridgehead atoms. The Bertz CT molecular complexity index is 476. The van der Waals surface area contributed by atoms with Crippen molar-refractivity contribution in [2.75, 3.05) is 0 Å². The molecule has 2 rings (SSSR count). The first-order valence-corrected chi connectivity index (χ1v) is 5.57. The molecule has 0 aliphatic carbocycles. The maximum atomic E-state index is 12.8. The van der Waals surface area contributed by atoms with Crippen molar-refractivity contribution in [3.63, 3.8) is 0 Å². The van der Waals surface area contributed by atoms with Gasteiger partial charge >= 0.3 is 0 Å². The highest BCUT2D eigenvalue weighted by molar-refractivity contribution is 6.22. The summed E-state index contributed by atoms with van der Waals surface area (Å²) in [5.41, 5.74) is 3.12. The number of alkyl halides is 1. The molecule has 0 aliphatic heterocycles. The fourth-order valence-corrected chi connectivity index (χ4v) is 2.07. The molecule has 0 saturated heterocycles. The van der Waals surface area contributed by atoms with Gasteiger partial charge in [-0.15, -0.1) is 11.6 Å². The third-order valence-corrected chi connectivity index (χ3v) is 3.11. The molecule has 0 N–H and O–H groups in total. The van der Waals surface area contributed by atoms with Gasteiger partial charge in [0.1, 0.15) is 5.82 Å². The summed E-state index contributed by atoms with van der Waals surface area (Å²) in [4.78, 5) is 0. The average Bonchev–Trinajstić information content (AvgIpc) is 2.30. The van der Waals surface area contributed by atoms with E-state index in [1.807, 2.05) is 31.2 Å². The van der Waals surface area contributed by atoms with Crippen molar-refractivity contribution in [1.82, 2.24) is 0 Å². The second kappa shape index (κ2) is 4.67. The molecule has 1 atom stereocenters. The fraction of sp³-hybridized carbons (Fsp3) is 0.143. The van der Waals surface area contributed by atoms with Gasteiger partial charge in [0.2, 0.25) is 0 Å². The molecule has 0 saturated carbocycles. The minimum atomic E-state index is -0.239. The van der Waals surface area contributed by atoms with Gasteiger partial charge < -0.3 is 0 Å². The minimum Gasteiger partial charge on any atom is -0.207 e. The predicted octanol–water partition coefficient (Wildman–Crippen LogP) is 4.46. The highest BCUT2D eigenvalue weighted by Gasteiger charge is 2.12. The Morgan fingerprint density at radius 3 is 2.25 bits per heavy atom. The first kappa shape index (κ1) is 11.2. The summed E-state index contributed by atoms with van der Waals surface area (Å²) in [5, 5.41) is -0.221. The van der Waals surface area contributed by atoms with Crippen molar-refractivity contribution >= 4 is 11.6 Å². The van der Waals surface area contributed by atoms with Crippen molar-refractivity contribution < 1.29 is 4.39 Å². The van der Waals surface area contributed by atoms with E-state index in [1.54, 1.807) is 12.1 Å². The molecule has 2 aromatic carbocycles. The van der Waals surface area contributed by atoms with Crippen LogP contribution in [0.3, 0.4) is 0 Å². The largest absolute Gasteiger partial charge is 0.207 e. The van der Waals surface area contributed by atoms with Gasteiger partial charge in [-0.3, -0.25) is 0 Å². The van der Waals surface area contributed by atoms with Crippen LogP contribution in [0.5, 0.6) is 0 Å². The van der Waals surface area contributed by atoms with Crippen LogP contribution < -0.4 is 0 Å². The summed E-state index contributed by atoms with van der Waals surface area (Å²) in [7, 11) is 0. The van der Waals surface area contributed by atoms with E-state index >= 15 is 0 Å². The van der Waals surface area contributed by atoms with Crippen molar-refractivity contribution in [1.29, 1.82) is 0 Å². The summed E-state index contributed by atoms with van der Waals surface area (Å²) in [6.45, 7) is 2.02. The number of rotatable bonds is 2. The molecule has 1 unspecified atom stereocenters. The molecule has 0 radical (unpaired) electrons. The van der Waals surface area contributed by atoms with Crippen LogP contribution in [0.1, 0.15) is 22.1 Å². The Labute approximate surface area is 99.7 Å². The number of hydrogen-bond acceptors (Lipinski definition) is 0. The minimum absolute atomic E-state index is 0.221. The van der Waals surface area contributed by atoms with E-state index in [1.165, 1.54) is 12.1 Å². The molecule has 0 amide bonds. The van der Waals surface area contributed by atoms with Crippen LogP contribution in [0.25, 0.3) is 0 Å². The summed E-state index contributed by atoms with van der Waals surface area (Å²) >= 11 is 6.37. The average molecular weight is 235 g/mol. The van der Waals surface area contributed by atoms with Crippen LogP contribution in [-0.4, -0.2) is 0 Å². The molecule has 0 nitrogen and oxygen atoms in total. The topological polar surface area (TPSA) is 0 Å². The van der Waals surface area contributed by atoms with Gasteiger partial charge in [0.05, 0.1) is 5.38 Å². The lowest BCUT2D eigenvalue weighted by atomic mass is 10.0. The van der Waals surface area contributed by atoms with Gasteiger partial charge in [0.15, 0.2) is 0 Å². The highest BCUT2D eigenvalue weighted by Crippen LogP contribution is 2.30. The van der Waals surface area contributed by atoms with Gasteiger partial charge in [0, 0.05) is 0 Å². The number of benzene rings is 2. The molecule has 0 aromatic heterocycles. The zero-order chi connectivity index (χ0) is 11.5. The first-order chi connectivity index (χ1) is 7.68. The van der Waals surface area contributed by atoms with E-state index < -0.39 is 0 Å². The molecular formula is C14H12ClF. The Kier molecular flexibility index (Phi) is 3.25. The van der Waals surface area contributed by atoms with Crippen LogP contribution in [-0.2, 0) is 0 Å². The molecule has 0 aliphatic rings. The van der Waals surface area contributed by atoms with E-state index in [9.17, 15) is 4.39 Å². The first-order valence-electron chi connectivity index (χ1n) is 5.13. The van der Waals surface area contributed by atoms with Crippen LogP contribution in [0.4, 0.5) is 4.39 Å². The van der Waals surface area contributed by atoms with Crippen LogP contribution >= 0.6 is 11.6 Å². The van der Waals surface area contributed by atoms with E-state index in [4.69, 9.17) is 11.6 Å². The summed E-state index contributed by atoms with van der Waals surface area (Å²) in [6, 6.07) is 14.3. The summed E-state index contributed by atoms with van der Waals surface area (Å²) < 4.78 is 12.8. The van der Waals surface area contributed by atoms with Crippen molar-refractivity contribution in [3.05, 3.63) is 71.0 Å². The molecule has 2 aromatic rings. The molecule has 2 heteroatoms. The zero-order valence-electron chi connectivity index (χ0n) is 8.95. The summed E-state index contributed by atoms with van der Waals surface area (Å²) in [6.07, 6.45) is 0.